The SMILES string of the molecule is Cl.NCCC(=O)NCC1CCCCN1C(=O)CCCc1cccs1. The van der Waals surface area contributed by atoms with E-state index < -0.39 is 0 Å². The zero-order valence-electron chi connectivity index (χ0n) is 14.0. The molecule has 1 aliphatic heterocycles. The minimum absolute atomic E-state index is 0. The van der Waals surface area contributed by atoms with Crippen LogP contribution in [-0.2, 0) is 16.0 Å². The van der Waals surface area contributed by atoms with E-state index in [1.807, 2.05) is 11.0 Å². The Morgan fingerprint density at radius 3 is 2.88 bits per heavy atom. The number of carbonyl (C=O) groups is 2. The first kappa shape index (κ1) is 20.9. The monoisotopic (exact) mass is 373 g/mol. The van der Waals surface area contributed by atoms with Crippen LogP contribution in [0.5, 0.6) is 0 Å². The Bertz CT molecular complexity index is 496. The van der Waals surface area contributed by atoms with Gasteiger partial charge in [0.1, 0.15) is 0 Å². The lowest BCUT2D eigenvalue weighted by Gasteiger charge is -2.36. The van der Waals surface area contributed by atoms with Crippen molar-refractivity contribution < 1.29 is 9.59 Å². The fourth-order valence-corrected chi connectivity index (χ4v) is 3.76. The van der Waals surface area contributed by atoms with Crippen LogP contribution in [0.15, 0.2) is 17.5 Å². The first-order chi connectivity index (χ1) is 11.2. The predicted octanol–water partition coefficient (Wildman–Crippen LogP) is 2.34. The quantitative estimate of drug-likeness (QED) is 0.734. The van der Waals surface area contributed by atoms with E-state index in [-0.39, 0.29) is 30.3 Å². The highest BCUT2D eigenvalue weighted by Gasteiger charge is 2.26. The molecule has 1 saturated heterocycles. The third kappa shape index (κ3) is 6.79. The maximum atomic E-state index is 12.5. The highest BCUT2D eigenvalue weighted by Crippen LogP contribution is 2.19. The van der Waals surface area contributed by atoms with E-state index in [0.29, 0.717) is 25.9 Å². The van der Waals surface area contributed by atoms with Crippen LogP contribution in [0.3, 0.4) is 0 Å². The smallest absolute Gasteiger partial charge is 0.222 e. The molecule has 2 rings (SSSR count). The van der Waals surface area contributed by atoms with E-state index in [1.54, 1.807) is 11.3 Å². The standard InChI is InChI=1S/C17H27N3O2S.ClH/c18-10-9-16(21)19-13-14-5-1-2-11-20(14)17(22)8-3-6-15-7-4-12-23-15;/h4,7,12,14H,1-3,5-6,8-11,13,18H2,(H,19,21);1H. The summed E-state index contributed by atoms with van der Waals surface area (Å²) in [4.78, 5) is 27.4. The second kappa shape index (κ2) is 11.4. The van der Waals surface area contributed by atoms with E-state index in [9.17, 15) is 9.59 Å². The Morgan fingerprint density at radius 1 is 1.33 bits per heavy atom. The highest BCUT2D eigenvalue weighted by atomic mass is 35.5. The molecule has 5 nitrogen and oxygen atoms in total. The Morgan fingerprint density at radius 2 is 2.17 bits per heavy atom. The van der Waals surface area contributed by atoms with Gasteiger partial charge < -0.3 is 16.0 Å². The Labute approximate surface area is 154 Å². The second-order valence-electron chi connectivity index (χ2n) is 6.01. The molecule has 7 heteroatoms. The molecule has 0 spiro atoms. The number of nitrogens with two attached hydrogens (primary N) is 1. The molecule has 0 radical (unpaired) electrons. The number of aryl methyl sites for hydroxylation is 1. The van der Waals surface area contributed by atoms with E-state index in [2.05, 4.69) is 16.8 Å². The topological polar surface area (TPSA) is 75.4 Å². The average Bonchev–Trinajstić information content (AvgIpc) is 3.07. The molecule has 2 heterocycles. The number of nitrogens with zero attached hydrogens (tertiary/aromatic N) is 1. The molecule has 0 aromatic carbocycles. The number of halogens is 1. The summed E-state index contributed by atoms with van der Waals surface area (Å²) in [5.74, 6) is 0.197. The van der Waals surface area contributed by atoms with Crippen molar-refractivity contribution in [1.82, 2.24) is 10.2 Å². The number of carbonyl (C=O) groups excluding carboxylic acids is 2. The lowest BCUT2D eigenvalue weighted by Crippen LogP contribution is -2.49. The molecule has 1 unspecified atom stereocenters. The molecule has 0 bridgehead atoms. The van der Waals surface area contributed by atoms with Crippen molar-refractivity contribution in [3.05, 3.63) is 22.4 Å². The lowest BCUT2D eigenvalue weighted by atomic mass is 10.0. The van der Waals surface area contributed by atoms with Crippen molar-refractivity contribution in [2.45, 2.75) is 51.0 Å². The van der Waals surface area contributed by atoms with Gasteiger partial charge in [-0.15, -0.1) is 23.7 Å². The average molecular weight is 374 g/mol. The van der Waals surface area contributed by atoms with Crippen molar-refractivity contribution in [2.75, 3.05) is 19.6 Å². The summed E-state index contributed by atoms with van der Waals surface area (Å²) in [5, 5.41) is 4.98. The zero-order valence-corrected chi connectivity index (χ0v) is 15.7. The molecule has 1 aliphatic rings. The highest BCUT2D eigenvalue weighted by molar-refractivity contribution is 7.09. The molecular formula is C17H28ClN3O2S. The van der Waals surface area contributed by atoms with Gasteiger partial charge in [-0.3, -0.25) is 9.59 Å². The lowest BCUT2D eigenvalue weighted by molar-refractivity contribution is -0.135. The van der Waals surface area contributed by atoms with Gasteiger partial charge in [0, 0.05) is 43.4 Å². The molecule has 24 heavy (non-hydrogen) atoms. The number of piperidine rings is 1. The summed E-state index contributed by atoms with van der Waals surface area (Å²) >= 11 is 1.74. The summed E-state index contributed by atoms with van der Waals surface area (Å²) in [6.07, 6.45) is 5.95. The van der Waals surface area contributed by atoms with Gasteiger partial charge in [0.25, 0.3) is 0 Å². The van der Waals surface area contributed by atoms with Crippen molar-refractivity contribution >= 4 is 35.6 Å². The molecule has 1 atom stereocenters. The van der Waals surface area contributed by atoms with Gasteiger partial charge in [0.2, 0.25) is 11.8 Å². The number of hydrogen-bond donors (Lipinski definition) is 2. The molecule has 3 N–H and O–H groups in total. The summed E-state index contributed by atoms with van der Waals surface area (Å²) < 4.78 is 0. The van der Waals surface area contributed by atoms with Crippen LogP contribution in [0, 0.1) is 0 Å². The fraction of sp³-hybridized carbons (Fsp3) is 0.647. The van der Waals surface area contributed by atoms with Crippen LogP contribution in [0.1, 0.15) is 43.4 Å². The number of likely N-dealkylation sites (tertiary alicyclic amines) is 1. The van der Waals surface area contributed by atoms with Crippen molar-refractivity contribution in [1.29, 1.82) is 0 Å². The molecule has 136 valence electrons. The van der Waals surface area contributed by atoms with E-state index in [0.717, 1.165) is 38.6 Å². The summed E-state index contributed by atoms with van der Waals surface area (Å²) in [6, 6.07) is 4.30. The van der Waals surface area contributed by atoms with Crippen LogP contribution in [-0.4, -0.2) is 42.4 Å². The first-order valence-electron chi connectivity index (χ1n) is 8.49. The third-order valence-corrected chi connectivity index (χ3v) is 5.18. The van der Waals surface area contributed by atoms with Crippen molar-refractivity contribution in [2.24, 2.45) is 5.73 Å². The maximum Gasteiger partial charge on any atom is 0.222 e. The Kier molecular flexibility index (Phi) is 9.98. The van der Waals surface area contributed by atoms with E-state index in [4.69, 9.17) is 5.73 Å². The zero-order chi connectivity index (χ0) is 16.5. The van der Waals surface area contributed by atoms with Gasteiger partial charge in [-0.25, -0.2) is 0 Å². The van der Waals surface area contributed by atoms with Gasteiger partial charge in [-0.2, -0.15) is 0 Å². The maximum absolute atomic E-state index is 12.5. The van der Waals surface area contributed by atoms with Crippen LogP contribution in [0.4, 0.5) is 0 Å². The molecule has 2 amide bonds. The molecular weight excluding hydrogens is 346 g/mol. The molecule has 0 aliphatic carbocycles. The normalized spacial score (nSPS) is 17.2. The summed E-state index contributed by atoms with van der Waals surface area (Å²) in [5.41, 5.74) is 5.38. The minimum Gasteiger partial charge on any atom is -0.354 e. The predicted molar refractivity (Wildman–Crippen MR) is 101 cm³/mol. The summed E-state index contributed by atoms with van der Waals surface area (Å²) in [6.45, 7) is 1.73. The number of thiophene rings is 1. The van der Waals surface area contributed by atoms with E-state index in [1.165, 1.54) is 4.88 Å². The van der Waals surface area contributed by atoms with Gasteiger partial charge in [0.15, 0.2) is 0 Å². The van der Waals surface area contributed by atoms with Gasteiger partial charge in [-0.1, -0.05) is 6.07 Å². The molecule has 0 saturated carbocycles. The first-order valence-corrected chi connectivity index (χ1v) is 9.37. The van der Waals surface area contributed by atoms with Gasteiger partial charge >= 0.3 is 0 Å². The summed E-state index contributed by atoms with van der Waals surface area (Å²) in [7, 11) is 0. The minimum atomic E-state index is -0.0248. The number of amides is 2. The van der Waals surface area contributed by atoms with E-state index >= 15 is 0 Å². The number of hydrogen-bond acceptors (Lipinski definition) is 4. The second-order valence-corrected chi connectivity index (χ2v) is 7.04. The number of rotatable bonds is 8. The number of nitrogens with one attached hydrogen (secondary N) is 1. The third-order valence-electron chi connectivity index (χ3n) is 4.25. The van der Waals surface area contributed by atoms with Crippen LogP contribution in [0.25, 0.3) is 0 Å². The molecule has 1 aromatic rings. The molecule has 1 fully saturated rings. The van der Waals surface area contributed by atoms with Crippen molar-refractivity contribution in [3.8, 4) is 0 Å². The van der Waals surface area contributed by atoms with Crippen LogP contribution in [0.2, 0.25) is 0 Å². The molecule has 1 aromatic heterocycles. The van der Waals surface area contributed by atoms with Gasteiger partial charge in [-0.05, 0) is 43.6 Å². The van der Waals surface area contributed by atoms with Crippen LogP contribution >= 0.6 is 23.7 Å². The van der Waals surface area contributed by atoms with Gasteiger partial charge in [0.05, 0.1) is 0 Å². The van der Waals surface area contributed by atoms with Crippen molar-refractivity contribution in [3.63, 3.8) is 0 Å². The Balaban J connectivity index is 0.00000288. The Hall–Kier alpha value is -1.11. The fourth-order valence-electron chi connectivity index (χ4n) is 3.00. The largest absolute Gasteiger partial charge is 0.354 e. The van der Waals surface area contributed by atoms with Crippen LogP contribution < -0.4 is 11.1 Å².